The first-order valence-electron chi connectivity index (χ1n) is 7.12. The van der Waals surface area contributed by atoms with Crippen molar-refractivity contribution in [3.63, 3.8) is 0 Å². The second-order valence-electron chi connectivity index (χ2n) is 5.26. The molecule has 1 saturated carbocycles. The lowest BCUT2D eigenvalue weighted by Gasteiger charge is -2.27. The Morgan fingerprint density at radius 3 is 2.60 bits per heavy atom. The van der Waals surface area contributed by atoms with Gasteiger partial charge in [0.1, 0.15) is 0 Å². The highest BCUT2D eigenvalue weighted by Crippen LogP contribution is 2.23. The fourth-order valence-electron chi connectivity index (χ4n) is 2.70. The number of nitrogens with zero attached hydrogens (tertiary/aromatic N) is 1. The van der Waals surface area contributed by atoms with E-state index in [9.17, 15) is 14.7 Å². The molecule has 0 spiro atoms. The molecular weight excluding hydrogens is 256 g/mol. The topological polar surface area (TPSA) is 79.3 Å². The van der Waals surface area contributed by atoms with Crippen molar-refractivity contribution in [1.29, 1.82) is 0 Å². The summed E-state index contributed by atoms with van der Waals surface area (Å²) in [5.74, 6) is -1.55. The SMILES string of the molecule is O=C(NC1CCCCCCC1C(=O)O)c1cccnc1. The third kappa shape index (κ3) is 3.79. The molecular formula is C15H20N2O3. The van der Waals surface area contributed by atoms with Gasteiger partial charge in [0, 0.05) is 18.4 Å². The van der Waals surface area contributed by atoms with Crippen LogP contribution in [0.3, 0.4) is 0 Å². The standard InChI is InChI=1S/C15H20N2O3/c18-14(11-6-5-9-16-10-11)17-13-8-4-2-1-3-7-12(13)15(19)20/h5-6,9-10,12-13H,1-4,7-8H2,(H,17,18)(H,19,20). The van der Waals surface area contributed by atoms with E-state index in [1.165, 1.54) is 6.20 Å². The normalized spacial score (nSPS) is 23.4. The number of aliphatic carboxylic acids is 1. The smallest absolute Gasteiger partial charge is 0.308 e. The number of carbonyl (C=O) groups is 2. The second-order valence-corrected chi connectivity index (χ2v) is 5.26. The predicted molar refractivity (Wildman–Crippen MR) is 74.3 cm³/mol. The Labute approximate surface area is 118 Å². The molecule has 2 rings (SSSR count). The highest BCUT2D eigenvalue weighted by molar-refractivity contribution is 5.94. The summed E-state index contributed by atoms with van der Waals surface area (Å²) in [4.78, 5) is 27.4. The van der Waals surface area contributed by atoms with Gasteiger partial charge in [0.2, 0.25) is 0 Å². The highest BCUT2D eigenvalue weighted by atomic mass is 16.4. The summed E-state index contributed by atoms with van der Waals surface area (Å²) < 4.78 is 0. The summed E-state index contributed by atoms with van der Waals surface area (Å²) in [6, 6.07) is 3.09. The molecule has 0 radical (unpaired) electrons. The first-order valence-corrected chi connectivity index (χ1v) is 7.12. The van der Waals surface area contributed by atoms with E-state index in [0.717, 1.165) is 32.1 Å². The van der Waals surface area contributed by atoms with Crippen LogP contribution >= 0.6 is 0 Å². The summed E-state index contributed by atoms with van der Waals surface area (Å²) in [5.41, 5.74) is 0.471. The lowest BCUT2D eigenvalue weighted by Crippen LogP contribution is -2.43. The van der Waals surface area contributed by atoms with Crippen molar-refractivity contribution in [2.24, 2.45) is 5.92 Å². The van der Waals surface area contributed by atoms with E-state index in [0.29, 0.717) is 12.0 Å². The number of pyridine rings is 1. The van der Waals surface area contributed by atoms with Crippen molar-refractivity contribution in [2.75, 3.05) is 0 Å². The molecule has 0 aromatic carbocycles. The molecule has 1 aromatic rings. The summed E-state index contributed by atoms with van der Waals surface area (Å²) >= 11 is 0. The third-order valence-corrected chi connectivity index (χ3v) is 3.82. The van der Waals surface area contributed by atoms with Gasteiger partial charge in [-0.1, -0.05) is 25.7 Å². The fraction of sp³-hybridized carbons (Fsp3) is 0.533. The van der Waals surface area contributed by atoms with Crippen molar-refractivity contribution in [3.05, 3.63) is 30.1 Å². The van der Waals surface area contributed by atoms with Gasteiger partial charge in [-0.05, 0) is 25.0 Å². The quantitative estimate of drug-likeness (QED) is 0.887. The Balaban J connectivity index is 2.06. The van der Waals surface area contributed by atoms with Crippen LogP contribution in [-0.2, 0) is 4.79 Å². The van der Waals surface area contributed by atoms with Gasteiger partial charge >= 0.3 is 5.97 Å². The van der Waals surface area contributed by atoms with Gasteiger partial charge in [0.15, 0.2) is 0 Å². The molecule has 1 fully saturated rings. The van der Waals surface area contributed by atoms with Crippen LogP contribution in [0.25, 0.3) is 0 Å². The van der Waals surface area contributed by atoms with Crippen LogP contribution in [0.1, 0.15) is 48.9 Å². The van der Waals surface area contributed by atoms with Crippen LogP contribution in [0.15, 0.2) is 24.5 Å². The zero-order valence-corrected chi connectivity index (χ0v) is 11.4. The lowest BCUT2D eigenvalue weighted by molar-refractivity contribution is -0.143. The maximum Gasteiger partial charge on any atom is 0.308 e. The molecule has 2 unspecified atom stereocenters. The highest BCUT2D eigenvalue weighted by Gasteiger charge is 2.30. The monoisotopic (exact) mass is 276 g/mol. The Morgan fingerprint density at radius 1 is 1.20 bits per heavy atom. The zero-order valence-electron chi connectivity index (χ0n) is 11.4. The minimum atomic E-state index is -0.816. The first-order chi connectivity index (χ1) is 9.68. The number of hydrogen-bond acceptors (Lipinski definition) is 3. The molecule has 108 valence electrons. The molecule has 0 bridgehead atoms. The van der Waals surface area contributed by atoms with E-state index in [1.54, 1.807) is 18.3 Å². The fourth-order valence-corrected chi connectivity index (χ4v) is 2.70. The molecule has 20 heavy (non-hydrogen) atoms. The summed E-state index contributed by atoms with van der Waals surface area (Å²) in [6.07, 6.45) is 8.51. The number of carboxylic acids is 1. The Kier molecular flexibility index (Phi) is 5.09. The van der Waals surface area contributed by atoms with E-state index >= 15 is 0 Å². The number of amides is 1. The van der Waals surface area contributed by atoms with Gasteiger partial charge < -0.3 is 10.4 Å². The zero-order chi connectivity index (χ0) is 14.4. The maximum atomic E-state index is 12.1. The van der Waals surface area contributed by atoms with Crippen molar-refractivity contribution in [2.45, 2.75) is 44.6 Å². The summed E-state index contributed by atoms with van der Waals surface area (Å²) in [5, 5.41) is 12.2. The van der Waals surface area contributed by atoms with E-state index in [-0.39, 0.29) is 11.9 Å². The molecule has 2 atom stereocenters. The summed E-state index contributed by atoms with van der Waals surface area (Å²) in [6.45, 7) is 0. The van der Waals surface area contributed by atoms with E-state index in [2.05, 4.69) is 10.3 Å². The van der Waals surface area contributed by atoms with Crippen LogP contribution in [0.5, 0.6) is 0 Å². The van der Waals surface area contributed by atoms with Crippen molar-refractivity contribution >= 4 is 11.9 Å². The molecule has 1 aliphatic carbocycles. The molecule has 2 N–H and O–H groups in total. The second kappa shape index (κ2) is 7.03. The van der Waals surface area contributed by atoms with Gasteiger partial charge in [-0.15, -0.1) is 0 Å². The number of rotatable bonds is 3. The first kappa shape index (κ1) is 14.5. The summed E-state index contributed by atoms with van der Waals surface area (Å²) in [7, 11) is 0. The van der Waals surface area contributed by atoms with E-state index in [1.807, 2.05) is 0 Å². The van der Waals surface area contributed by atoms with E-state index in [4.69, 9.17) is 0 Å². The number of hydrogen-bond donors (Lipinski definition) is 2. The molecule has 1 heterocycles. The number of carbonyl (C=O) groups excluding carboxylic acids is 1. The molecule has 0 saturated heterocycles. The van der Waals surface area contributed by atoms with Crippen LogP contribution < -0.4 is 5.32 Å². The van der Waals surface area contributed by atoms with Crippen molar-refractivity contribution in [3.8, 4) is 0 Å². The van der Waals surface area contributed by atoms with Gasteiger partial charge in [-0.3, -0.25) is 14.6 Å². The van der Waals surface area contributed by atoms with Crippen molar-refractivity contribution < 1.29 is 14.7 Å². The molecule has 0 aliphatic heterocycles. The van der Waals surface area contributed by atoms with Crippen molar-refractivity contribution in [1.82, 2.24) is 10.3 Å². The van der Waals surface area contributed by atoms with Gasteiger partial charge in [-0.2, -0.15) is 0 Å². The van der Waals surface area contributed by atoms with Gasteiger partial charge in [0.25, 0.3) is 5.91 Å². The minimum absolute atomic E-state index is 0.241. The number of nitrogens with one attached hydrogen (secondary N) is 1. The van der Waals surface area contributed by atoms with Crippen LogP contribution in [-0.4, -0.2) is 28.0 Å². The average Bonchev–Trinajstić information content (AvgIpc) is 2.42. The lowest BCUT2D eigenvalue weighted by atomic mass is 9.86. The Bertz CT molecular complexity index is 461. The number of carboxylic acid groups (broad SMARTS) is 1. The third-order valence-electron chi connectivity index (χ3n) is 3.82. The largest absolute Gasteiger partial charge is 0.481 e. The molecule has 5 nitrogen and oxygen atoms in total. The molecule has 1 aromatic heterocycles. The molecule has 1 amide bonds. The van der Waals surface area contributed by atoms with Gasteiger partial charge in [-0.25, -0.2) is 0 Å². The number of aromatic nitrogens is 1. The molecule has 5 heteroatoms. The molecule has 1 aliphatic rings. The Hall–Kier alpha value is -1.91. The average molecular weight is 276 g/mol. The Morgan fingerprint density at radius 2 is 1.95 bits per heavy atom. The van der Waals surface area contributed by atoms with Crippen LogP contribution in [0.4, 0.5) is 0 Å². The predicted octanol–water partition coefficient (Wildman–Crippen LogP) is 2.24. The van der Waals surface area contributed by atoms with Crippen LogP contribution in [0.2, 0.25) is 0 Å². The van der Waals surface area contributed by atoms with Crippen LogP contribution in [0, 0.1) is 5.92 Å². The minimum Gasteiger partial charge on any atom is -0.481 e. The van der Waals surface area contributed by atoms with E-state index < -0.39 is 11.9 Å². The van der Waals surface area contributed by atoms with Gasteiger partial charge in [0.05, 0.1) is 11.5 Å². The maximum absolute atomic E-state index is 12.1.